The van der Waals surface area contributed by atoms with Crippen LogP contribution in [0.25, 0.3) is 0 Å². The minimum Gasteiger partial charge on any atom is -0.477 e. The molecule has 2 N–H and O–H groups in total. The first kappa shape index (κ1) is 9.94. The minimum absolute atomic E-state index is 0.0694. The highest BCUT2D eigenvalue weighted by Gasteiger charge is 2.08. The standard InChI is InChI=1S/C7H14N2O2/c1-5(6(10)11)8-9-7(2,3)4/h9H,1-4H3,(H,10,11). The van der Waals surface area contributed by atoms with Crippen LogP contribution in [-0.4, -0.2) is 22.3 Å². The monoisotopic (exact) mass is 158 g/mol. The van der Waals surface area contributed by atoms with Crippen LogP contribution >= 0.6 is 0 Å². The summed E-state index contributed by atoms with van der Waals surface area (Å²) in [6, 6.07) is 0. The summed E-state index contributed by atoms with van der Waals surface area (Å²) in [7, 11) is 0. The fourth-order valence-corrected chi connectivity index (χ4v) is 0.299. The van der Waals surface area contributed by atoms with Crippen molar-refractivity contribution in [2.45, 2.75) is 33.2 Å². The molecule has 0 aromatic heterocycles. The molecule has 0 fully saturated rings. The highest BCUT2D eigenvalue weighted by Crippen LogP contribution is 1.97. The zero-order valence-electron chi connectivity index (χ0n) is 7.30. The lowest BCUT2D eigenvalue weighted by Gasteiger charge is -2.17. The Bertz CT molecular complexity index is 179. The van der Waals surface area contributed by atoms with E-state index in [1.165, 1.54) is 6.92 Å². The summed E-state index contributed by atoms with van der Waals surface area (Å²) in [5.74, 6) is -0.998. The molecule has 4 heteroatoms. The molecule has 0 radical (unpaired) electrons. The van der Waals surface area contributed by atoms with Crippen molar-refractivity contribution in [1.82, 2.24) is 5.43 Å². The number of carbonyl (C=O) groups is 1. The summed E-state index contributed by atoms with van der Waals surface area (Å²) < 4.78 is 0. The van der Waals surface area contributed by atoms with Gasteiger partial charge in [0.15, 0.2) is 0 Å². The van der Waals surface area contributed by atoms with Crippen LogP contribution in [0.15, 0.2) is 5.10 Å². The topological polar surface area (TPSA) is 61.7 Å². The molecule has 0 aliphatic carbocycles. The van der Waals surface area contributed by atoms with Gasteiger partial charge in [-0.3, -0.25) is 0 Å². The number of hydrogen-bond acceptors (Lipinski definition) is 3. The van der Waals surface area contributed by atoms with Crippen molar-refractivity contribution in [1.29, 1.82) is 0 Å². The summed E-state index contributed by atoms with van der Waals surface area (Å²) in [6.45, 7) is 7.17. The van der Waals surface area contributed by atoms with Gasteiger partial charge in [0.25, 0.3) is 0 Å². The molecule has 0 unspecified atom stereocenters. The van der Waals surface area contributed by atoms with Crippen molar-refractivity contribution < 1.29 is 9.90 Å². The third kappa shape index (κ3) is 5.39. The molecule has 64 valence electrons. The highest BCUT2D eigenvalue weighted by atomic mass is 16.4. The van der Waals surface area contributed by atoms with E-state index in [2.05, 4.69) is 10.5 Å². The summed E-state index contributed by atoms with van der Waals surface area (Å²) in [6.07, 6.45) is 0. The van der Waals surface area contributed by atoms with E-state index in [0.29, 0.717) is 0 Å². The van der Waals surface area contributed by atoms with Crippen molar-refractivity contribution in [3.63, 3.8) is 0 Å². The largest absolute Gasteiger partial charge is 0.477 e. The Morgan fingerprint density at radius 2 is 1.91 bits per heavy atom. The predicted octanol–water partition coefficient (Wildman–Crippen LogP) is 0.835. The lowest BCUT2D eigenvalue weighted by atomic mass is 10.1. The molecule has 0 rings (SSSR count). The smallest absolute Gasteiger partial charge is 0.351 e. The van der Waals surface area contributed by atoms with Gasteiger partial charge in [0.05, 0.1) is 0 Å². The molecular weight excluding hydrogens is 144 g/mol. The summed E-state index contributed by atoms with van der Waals surface area (Å²) in [4.78, 5) is 10.2. The van der Waals surface area contributed by atoms with Crippen LogP contribution in [0.5, 0.6) is 0 Å². The van der Waals surface area contributed by atoms with E-state index < -0.39 is 5.97 Å². The Morgan fingerprint density at radius 1 is 1.45 bits per heavy atom. The number of hydrogen-bond donors (Lipinski definition) is 2. The van der Waals surface area contributed by atoms with E-state index >= 15 is 0 Å². The van der Waals surface area contributed by atoms with Gasteiger partial charge in [0, 0.05) is 5.54 Å². The first-order chi connectivity index (χ1) is 4.83. The van der Waals surface area contributed by atoms with E-state index in [9.17, 15) is 4.79 Å². The molecule has 0 bridgehead atoms. The maximum atomic E-state index is 10.2. The van der Waals surface area contributed by atoms with Crippen molar-refractivity contribution in [3.05, 3.63) is 0 Å². The highest BCUT2D eigenvalue weighted by molar-refractivity contribution is 6.34. The Labute approximate surface area is 66.3 Å². The van der Waals surface area contributed by atoms with Crippen LogP contribution in [0.2, 0.25) is 0 Å². The van der Waals surface area contributed by atoms with Crippen LogP contribution in [-0.2, 0) is 4.79 Å². The van der Waals surface area contributed by atoms with Gasteiger partial charge in [-0.05, 0) is 27.7 Å². The van der Waals surface area contributed by atoms with Crippen LogP contribution in [0.3, 0.4) is 0 Å². The average Bonchev–Trinajstić information content (AvgIpc) is 1.80. The Kier molecular flexibility index (Phi) is 3.04. The van der Waals surface area contributed by atoms with Crippen molar-refractivity contribution in [2.75, 3.05) is 0 Å². The van der Waals surface area contributed by atoms with Crippen LogP contribution in [0.4, 0.5) is 0 Å². The van der Waals surface area contributed by atoms with E-state index in [1.54, 1.807) is 0 Å². The van der Waals surface area contributed by atoms with Gasteiger partial charge in [-0.1, -0.05) is 0 Å². The van der Waals surface area contributed by atoms with E-state index in [1.807, 2.05) is 20.8 Å². The molecule has 11 heavy (non-hydrogen) atoms. The first-order valence-electron chi connectivity index (χ1n) is 3.37. The lowest BCUT2D eigenvalue weighted by Crippen LogP contribution is -2.32. The third-order valence-electron chi connectivity index (χ3n) is 0.869. The SMILES string of the molecule is CC(=NNC(C)(C)C)C(=O)O. The molecule has 0 saturated carbocycles. The average molecular weight is 158 g/mol. The van der Waals surface area contributed by atoms with Gasteiger partial charge < -0.3 is 10.5 Å². The number of nitrogens with one attached hydrogen (secondary N) is 1. The zero-order valence-corrected chi connectivity index (χ0v) is 7.30. The summed E-state index contributed by atoms with van der Waals surface area (Å²) in [5.41, 5.74) is 2.60. The Balaban J connectivity index is 4.04. The normalized spacial score (nSPS) is 12.9. The molecule has 0 atom stereocenters. The first-order valence-corrected chi connectivity index (χ1v) is 3.37. The fraction of sp³-hybridized carbons (Fsp3) is 0.714. The maximum Gasteiger partial charge on any atom is 0.351 e. The van der Waals surface area contributed by atoms with E-state index in [0.717, 1.165) is 0 Å². The quantitative estimate of drug-likeness (QED) is 0.462. The van der Waals surface area contributed by atoms with Gasteiger partial charge in [-0.2, -0.15) is 5.10 Å². The summed E-state index contributed by atoms with van der Waals surface area (Å²) >= 11 is 0. The molecule has 0 aromatic carbocycles. The molecule has 0 aromatic rings. The Hall–Kier alpha value is -1.06. The molecule has 0 amide bonds. The molecule has 0 spiro atoms. The second kappa shape index (κ2) is 3.37. The number of rotatable bonds is 2. The number of aliphatic carboxylic acids is 1. The number of nitrogens with zero attached hydrogens (tertiary/aromatic N) is 1. The van der Waals surface area contributed by atoms with Crippen LogP contribution < -0.4 is 5.43 Å². The fourth-order valence-electron chi connectivity index (χ4n) is 0.299. The molecule has 0 aliphatic heterocycles. The second-order valence-electron chi connectivity index (χ2n) is 3.36. The maximum absolute atomic E-state index is 10.2. The number of carboxylic acid groups (broad SMARTS) is 1. The second-order valence-corrected chi connectivity index (χ2v) is 3.36. The summed E-state index contributed by atoms with van der Waals surface area (Å²) in [5, 5.41) is 12.1. The molecular formula is C7H14N2O2. The van der Waals surface area contributed by atoms with Gasteiger partial charge in [-0.15, -0.1) is 0 Å². The Morgan fingerprint density at radius 3 is 2.18 bits per heavy atom. The van der Waals surface area contributed by atoms with Crippen molar-refractivity contribution in [3.8, 4) is 0 Å². The number of carboxylic acids is 1. The third-order valence-corrected chi connectivity index (χ3v) is 0.869. The predicted molar refractivity (Wildman–Crippen MR) is 43.6 cm³/mol. The van der Waals surface area contributed by atoms with Crippen LogP contribution in [0, 0.1) is 0 Å². The van der Waals surface area contributed by atoms with Gasteiger partial charge >= 0.3 is 5.97 Å². The van der Waals surface area contributed by atoms with Crippen molar-refractivity contribution in [2.24, 2.45) is 5.10 Å². The van der Waals surface area contributed by atoms with Crippen molar-refractivity contribution >= 4 is 11.7 Å². The minimum atomic E-state index is -0.998. The number of hydrazone groups is 1. The van der Waals surface area contributed by atoms with Gasteiger partial charge in [0.2, 0.25) is 0 Å². The van der Waals surface area contributed by atoms with E-state index in [-0.39, 0.29) is 11.3 Å². The lowest BCUT2D eigenvalue weighted by molar-refractivity contribution is -0.129. The van der Waals surface area contributed by atoms with Crippen LogP contribution in [0.1, 0.15) is 27.7 Å². The molecule has 4 nitrogen and oxygen atoms in total. The van der Waals surface area contributed by atoms with E-state index in [4.69, 9.17) is 5.11 Å². The van der Waals surface area contributed by atoms with Gasteiger partial charge in [0.1, 0.15) is 5.71 Å². The molecule has 0 aliphatic rings. The molecule has 0 heterocycles. The molecule has 0 saturated heterocycles. The van der Waals surface area contributed by atoms with Gasteiger partial charge in [-0.25, -0.2) is 4.79 Å². The zero-order chi connectivity index (χ0) is 9.07.